The van der Waals surface area contributed by atoms with E-state index in [0.29, 0.717) is 0 Å². The normalized spacial score (nSPS) is 11.8. The number of nitro benzene ring substituents is 1. The maximum Gasteiger partial charge on any atom is 0.275 e. The minimum Gasteiger partial charge on any atom is -0.387 e. The van der Waals surface area contributed by atoms with Gasteiger partial charge in [-0.05, 0) is 12.1 Å². The molecule has 1 aromatic rings. The zero-order valence-corrected chi connectivity index (χ0v) is 7.55. The Morgan fingerprint density at radius 3 is 2.87 bits per heavy atom. The van der Waals surface area contributed by atoms with Gasteiger partial charge in [-0.1, -0.05) is 0 Å². The van der Waals surface area contributed by atoms with Gasteiger partial charge in [-0.3, -0.25) is 10.1 Å². The summed E-state index contributed by atoms with van der Waals surface area (Å²) in [6, 6.07) is 4.41. The maximum atomic E-state index is 12.8. The Hall–Kier alpha value is -2.00. The zero-order chi connectivity index (χ0) is 11.4. The van der Waals surface area contributed by atoms with Gasteiger partial charge >= 0.3 is 0 Å². The summed E-state index contributed by atoms with van der Waals surface area (Å²) in [6.45, 7) is 0. The average Bonchev–Trinajstić information content (AvgIpc) is 2.17. The van der Waals surface area contributed by atoms with E-state index in [0.717, 1.165) is 18.2 Å². The number of rotatable bonds is 3. The molecule has 0 saturated carbocycles. The monoisotopic (exact) mass is 210 g/mol. The van der Waals surface area contributed by atoms with E-state index in [1.165, 1.54) is 0 Å². The lowest BCUT2D eigenvalue weighted by Crippen LogP contribution is -2.02. The Labute approximate surface area is 84.5 Å². The highest BCUT2D eigenvalue weighted by molar-refractivity contribution is 5.42. The number of hydrogen-bond donors (Lipinski definition) is 1. The molecule has 0 amide bonds. The number of hydrogen-bond acceptors (Lipinski definition) is 4. The minimum atomic E-state index is -1.34. The van der Waals surface area contributed by atoms with Crippen LogP contribution in [0.1, 0.15) is 18.1 Å². The van der Waals surface area contributed by atoms with Crippen LogP contribution in [-0.2, 0) is 0 Å². The third-order valence-electron chi connectivity index (χ3n) is 1.83. The van der Waals surface area contributed by atoms with Crippen molar-refractivity contribution in [1.29, 1.82) is 5.26 Å². The van der Waals surface area contributed by atoms with E-state index in [1.54, 1.807) is 6.07 Å². The van der Waals surface area contributed by atoms with Crippen LogP contribution in [0.4, 0.5) is 10.1 Å². The molecular weight excluding hydrogens is 203 g/mol. The Morgan fingerprint density at radius 1 is 1.67 bits per heavy atom. The number of nitriles is 1. The fourth-order valence-corrected chi connectivity index (χ4v) is 1.15. The molecule has 0 saturated heterocycles. The van der Waals surface area contributed by atoms with Crippen LogP contribution < -0.4 is 0 Å². The first-order chi connectivity index (χ1) is 7.06. The lowest BCUT2D eigenvalue weighted by Gasteiger charge is -2.07. The molecule has 5 nitrogen and oxygen atoms in total. The number of nitro groups is 1. The van der Waals surface area contributed by atoms with Gasteiger partial charge < -0.3 is 5.11 Å². The van der Waals surface area contributed by atoms with Gasteiger partial charge in [0.15, 0.2) is 0 Å². The lowest BCUT2D eigenvalue weighted by atomic mass is 10.1. The van der Waals surface area contributed by atoms with E-state index in [9.17, 15) is 19.6 Å². The quantitative estimate of drug-likeness (QED) is 0.607. The van der Waals surface area contributed by atoms with Crippen molar-refractivity contribution in [2.24, 2.45) is 0 Å². The summed E-state index contributed by atoms with van der Waals surface area (Å²) in [7, 11) is 0. The molecule has 0 fully saturated rings. The summed E-state index contributed by atoms with van der Waals surface area (Å²) in [5, 5.41) is 28.2. The molecule has 1 aromatic carbocycles. The van der Waals surface area contributed by atoms with E-state index in [2.05, 4.69) is 0 Å². The van der Waals surface area contributed by atoms with Crippen LogP contribution in [0.15, 0.2) is 18.2 Å². The van der Waals surface area contributed by atoms with Gasteiger partial charge in [0.05, 0.1) is 29.1 Å². The molecule has 0 radical (unpaired) electrons. The molecular formula is C9H7FN2O3. The molecule has 0 aliphatic heterocycles. The molecule has 1 rings (SSSR count). The highest BCUT2D eigenvalue weighted by Crippen LogP contribution is 2.27. The van der Waals surface area contributed by atoms with Crippen LogP contribution in [0, 0.1) is 27.3 Å². The standard InChI is InChI=1S/C9H7FN2O3/c10-6-1-2-8(12(14)15)7(5-6)9(13)3-4-11/h1-2,5,9,13H,3H2. The number of nitrogens with zero attached hydrogens (tertiary/aromatic N) is 2. The number of benzene rings is 1. The Balaban J connectivity index is 3.19. The van der Waals surface area contributed by atoms with E-state index in [1.807, 2.05) is 0 Å². The minimum absolute atomic E-state index is 0.179. The molecule has 6 heteroatoms. The summed E-state index contributed by atoms with van der Waals surface area (Å²) >= 11 is 0. The molecule has 1 unspecified atom stereocenters. The first kappa shape index (κ1) is 11.1. The molecule has 15 heavy (non-hydrogen) atoms. The van der Waals surface area contributed by atoms with E-state index in [-0.39, 0.29) is 17.7 Å². The second-order valence-corrected chi connectivity index (χ2v) is 2.84. The Morgan fingerprint density at radius 2 is 2.33 bits per heavy atom. The SMILES string of the molecule is N#CCC(O)c1cc(F)ccc1[N+](=O)[O-]. The smallest absolute Gasteiger partial charge is 0.275 e. The molecule has 1 atom stereocenters. The summed E-state index contributed by atoms with van der Waals surface area (Å²) in [5.74, 6) is -0.687. The van der Waals surface area contributed by atoms with Crippen LogP contribution in [0.2, 0.25) is 0 Å². The second kappa shape index (κ2) is 4.48. The molecule has 78 valence electrons. The van der Waals surface area contributed by atoms with Gasteiger partial charge in [0.1, 0.15) is 5.82 Å². The zero-order valence-electron chi connectivity index (χ0n) is 7.55. The largest absolute Gasteiger partial charge is 0.387 e. The van der Waals surface area contributed by atoms with Crippen molar-refractivity contribution < 1.29 is 14.4 Å². The topological polar surface area (TPSA) is 87.2 Å². The van der Waals surface area contributed by atoms with E-state index in [4.69, 9.17) is 5.26 Å². The van der Waals surface area contributed by atoms with Gasteiger partial charge in [-0.25, -0.2) is 4.39 Å². The van der Waals surface area contributed by atoms with Gasteiger partial charge in [-0.2, -0.15) is 5.26 Å². The third kappa shape index (κ3) is 2.48. The molecule has 0 aliphatic carbocycles. The Kier molecular flexibility index (Phi) is 3.31. The highest BCUT2D eigenvalue weighted by Gasteiger charge is 2.20. The van der Waals surface area contributed by atoms with Crippen molar-refractivity contribution in [3.63, 3.8) is 0 Å². The lowest BCUT2D eigenvalue weighted by molar-refractivity contribution is -0.386. The number of aliphatic hydroxyl groups excluding tert-OH is 1. The number of aliphatic hydroxyl groups is 1. The third-order valence-corrected chi connectivity index (χ3v) is 1.83. The van der Waals surface area contributed by atoms with Gasteiger partial charge in [0, 0.05) is 6.07 Å². The molecule has 0 aliphatic rings. The maximum absolute atomic E-state index is 12.8. The van der Waals surface area contributed by atoms with Crippen LogP contribution in [0.25, 0.3) is 0 Å². The first-order valence-electron chi connectivity index (χ1n) is 4.05. The van der Waals surface area contributed by atoms with Crippen molar-refractivity contribution in [3.05, 3.63) is 39.7 Å². The molecule has 0 spiro atoms. The second-order valence-electron chi connectivity index (χ2n) is 2.84. The van der Waals surface area contributed by atoms with E-state index >= 15 is 0 Å². The van der Waals surface area contributed by atoms with Crippen molar-refractivity contribution in [3.8, 4) is 6.07 Å². The van der Waals surface area contributed by atoms with E-state index < -0.39 is 16.8 Å². The van der Waals surface area contributed by atoms with Gasteiger partial charge in [0.2, 0.25) is 0 Å². The summed E-state index contributed by atoms with van der Waals surface area (Å²) in [4.78, 5) is 9.80. The molecule has 1 N–H and O–H groups in total. The first-order valence-corrected chi connectivity index (χ1v) is 4.05. The summed E-state index contributed by atoms with van der Waals surface area (Å²) in [5.41, 5.74) is -0.569. The van der Waals surface area contributed by atoms with Crippen molar-refractivity contribution >= 4 is 5.69 Å². The molecule has 0 heterocycles. The predicted molar refractivity (Wildman–Crippen MR) is 48.2 cm³/mol. The van der Waals surface area contributed by atoms with Gasteiger partial charge in [-0.15, -0.1) is 0 Å². The van der Waals surface area contributed by atoms with Crippen molar-refractivity contribution in [2.45, 2.75) is 12.5 Å². The average molecular weight is 210 g/mol. The molecule has 0 aromatic heterocycles. The highest BCUT2D eigenvalue weighted by atomic mass is 19.1. The summed E-state index contributed by atoms with van der Waals surface area (Å²) in [6.07, 6.45) is -1.66. The number of halogens is 1. The van der Waals surface area contributed by atoms with Crippen molar-refractivity contribution in [1.82, 2.24) is 0 Å². The fraction of sp³-hybridized carbons (Fsp3) is 0.222. The summed E-state index contributed by atoms with van der Waals surface area (Å²) < 4.78 is 12.8. The van der Waals surface area contributed by atoms with Crippen LogP contribution in [0.5, 0.6) is 0 Å². The van der Waals surface area contributed by atoms with Crippen molar-refractivity contribution in [2.75, 3.05) is 0 Å². The van der Waals surface area contributed by atoms with Gasteiger partial charge in [0.25, 0.3) is 5.69 Å². The van der Waals surface area contributed by atoms with Crippen LogP contribution >= 0.6 is 0 Å². The Bertz CT molecular complexity index is 428. The predicted octanol–water partition coefficient (Wildman–Crippen LogP) is 1.68. The fourth-order valence-electron chi connectivity index (χ4n) is 1.15. The molecule has 0 bridgehead atoms. The van der Waals surface area contributed by atoms with Crippen LogP contribution in [0.3, 0.4) is 0 Å². The van der Waals surface area contributed by atoms with Crippen LogP contribution in [-0.4, -0.2) is 10.0 Å².